The van der Waals surface area contributed by atoms with Crippen LogP contribution in [0.3, 0.4) is 0 Å². The van der Waals surface area contributed by atoms with Crippen LogP contribution in [0.4, 0.5) is 5.69 Å². The standard InChI is InChI=1S/C14H10Cl3N3O4/c1-24-8-3-2-6(4-7(8)21)5-18-20-11-9(15)12(14(22)23)19-13(17)10(11)16/h2-5,21H,1H3,(H,19,20)(H,22,23). The molecule has 0 amide bonds. The number of benzene rings is 1. The monoisotopic (exact) mass is 389 g/mol. The number of carboxylic acids is 1. The number of aromatic nitrogens is 1. The number of carbonyl (C=O) groups is 1. The summed E-state index contributed by atoms with van der Waals surface area (Å²) in [5.74, 6) is -1.10. The van der Waals surface area contributed by atoms with E-state index in [-0.39, 0.29) is 26.6 Å². The Labute approximate surface area is 151 Å². The Morgan fingerprint density at radius 3 is 2.62 bits per heavy atom. The molecule has 0 saturated carbocycles. The van der Waals surface area contributed by atoms with Crippen molar-refractivity contribution in [3.05, 3.63) is 44.7 Å². The highest BCUT2D eigenvalue weighted by molar-refractivity contribution is 6.46. The third-order valence-electron chi connectivity index (χ3n) is 2.83. The number of nitrogens with zero attached hydrogens (tertiary/aromatic N) is 2. The summed E-state index contributed by atoms with van der Waals surface area (Å²) in [6, 6.07) is 4.63. The van der Waals surface area contributed by atoms with Gasteiger partial charge in [-0.15, -0.1) is 0 Å². The molecule has 126 valence electrons. The molecule has 0 aliphatic heterocycles. The molecule has 0 aliphatic carbocycles. The molecule has 0 fully saturated rings. The largest absolute Gasteiger partial charge is 0.504 e. The molecule has 1 heterocycles. The highest BCUT2D eigenvalue weighted by Gasteiger charge is 2.20. The van der Waals surface area contributed by atoms with Crippen LogP contribution in [0.5, 0.6) is 11.5 Å². The summed E-state index contributed by atoms with van der Waals surface area (Å²) in [5, 5.41) is 22.1. The van der Waals surface area contributed by atoms with Crippen molar-refractivity contribution in [1.29, 1.82) is 0 Å². The van der Waals surface area contributed by atoms with E-state index in [1.54, 1.807) is 12.1 Å². The number of methoxy groups -OCH3 is 1. The summed E-state index contributed by atoms with van der Waals surface area (Å²) >= 11 is 17.7. The molecule has 7 nitrogen and oxygen atoms in total. The van der Waals surface area contributed by atoms with Crippen LogP contribution in [-0.2, 0) is 0 Å². The second kappa shape index (κ2) is 7.57. The SMILES string of the molecule is COc1ccc(C=NNc2c(Cl)c(Cl)nc(C(=O)O)c2Cl)cc1O. The Kier molecular flexibility index (Phi) is 5.71. The number of aromatic hydroxyl groups is 1. The third-order valence-corrected chi connectivity index (χ3v) is 3.94. The molecule has 2 aromatic rings. The predicted octanol–water partition coefficient (Wildman–Crippen LogP) is 3.90. The molecule has 10 heteroatoms. The number of phenols is 1. The van der Waals surface area contributed by atoms with Crippen molar-refractivity contribution in [3.63, 3.8) is 0 Å². The van der Waals surface area contributed by atoms with Gasteiger partial charge in [-0.3, -0.25) is 5.43 Å². The summed E-state index contributed by atoms with van der Waals surface area (Å²) in [6.45, 7) is 0. The maximum absolute atomic E-state index is 11.1. The first-order chi connectivity index (χ1) is 11.3. The van der Waals surface area contributed by atoms with E-state index in [1.807, 2.05) is 0 Å². The number of hydrogen-bond acceptors (Lipinski definition) is 6. The van der Waals surface area contributed by atoms with Gasteiger partial charge in [-0.25, -0.2) is 9.78 Å². The maximum atomic E-state index is 11.1. The van der Waals surface area contributed by atoms with Crippen LogP contribution in [0.25, 0.3) is 0 Å². The number of hydrazone groups is 1. The Morgan fingerprint density at radius 2 is 2.04 bits per heavy atom. The van der Waals surface area contributed by atoms with Gasteiger partial charge in [0.2, 0.25) is 0 Å². The van der Waals surface area contributed by atoms with Crippen LogP contribution in [0.1, 0.15) is 16.1 Å². The lowest BCUT2D eigenvalue weighted by atomic mass is 10.2. The molecule has 1 aromatic heterocycles. The van der Waals surface area contributed by atoms with Gasteiger partial charge in [0.1, 0.15) is 10.0 Å². The van der Waals surface area contributed by atoms with E-state index < -0.39 is 11.7 Å². The third kappa shape index (κ3) is 3.81. The fraction of sp³-hybridized carbons (Fsp3) is 0.0714. The number of ether oxygens (including phenoxy) is 1. The minimum Gasteiger partial charge on any atom is -0.504 e. The second-order valence-electron chi connectivity index (χ2n) is 4.36. The molecule has 0 saturated heterocycles. The van der Waals surface area contributed by atoms with E-state index >= 15 is 0 Å². The molecule has 0 spiro atoms. The van der Waals surface area contributed by atoms with Gasteiger partial charge in [0.15, 0.2) is 22.3 Å². The Morgan fingerprint density at radius 1 is 1.33 bits per heavy atom. The van der Waals surface area contributed by atoms with E-state index in [2.05, 4.69) is 15.5 Å². The Hall–Kier alpha value is -2.22. The molecule has 2 rings (SSSR count). The van der Waals surface area contributed by atoms with Crippen LogP contribution in [0.15, 0.2) is 23.3 Å². The zero-order chi connectivity index (χ0) is 17.9. The summed E-state index contributed by atoms with van der Waals surface area (Å²) < 4.78 is 4.93. The van der Waals surface area contributed by atoms with Crippen LogP contribution in [0, 0.1) is 0 Å². The van der Waals surface area contributed by atoms with Crippen molar-refractivity contribution >= 4 is 52.7 Å². The van der Waals surface area contributed by atoms with Crippen molar-refractivity contribution in [2.24, 2.45) is 5.10 Å². The van der Waals surface area contributed by atoms with Gasteiger partial charge in [0.05, 0.1) is 19.0 Å². The number of nitrogens with one attached hydrogen (secondary N) is 1. The zero-order valence-corrected chi connectivity index (χ0v) is 14.3. The topological polar surface area (TPSA) is 104 Å². The molecule has 0 bridgehead atoms. The number of rotatable bonds is 5. The summed E-state index contributed by atoms with van der Waals surface area (Å²) in [6.07, 6.45) is 1.36. The van der Waals surface area contributed by atoms with Crippen LogP contribution in [0.2, 0.25) is 15.2 Å². The van der Waals surface area contributed by atoms with E-state index in [9.17, 15) is 9.90 Å². The first-order valence-corrected chi connectivity index (χ1v) is 7.42. The number of aromatic carboxylic acids is 1. The van der Waals surface area contributed by atoms with E-state index in [0.717, 1.165) is 0 Å². The highest BCUT2D eigenvalue weighted by Crippen LogP contribution is 2.36. The van der Waals surface area contributed by atoms with Crippen LogP contribution >= 0.6 is 34.8 Å². The van der Waals surface area contributed by atoms with E-state index in [0.29, 0.717) is 11.3 Å². The molecule has 24 heavy (non-hydrogen) atoms. The van der Waals surface area contributed by atoms with Gasteiger partial charge in [-0.05, 0) is 23.8 Å². The van der Waals surface area contributed by atoms with Gasteiger partial charge in [0, 0.05) is 0 Å². The molecule has 0 unspecified atom stereocenters. The van der Waals surface area contributed by atoms with Crippen LogP contribution < -0.4 is 10.2 Å². The normalized spacial score (nSPS) is 10.8. The number of phenolic OH excluding ortho intramolecular Hbond substituents is 1. The van der Waals surface area contributed by atoms with Gasteiger partial charge < -0.3 is 14.9 Å². The molecule has 0 aliphatic rings. The molecular formula is C14H10Cl3N3O4. The van der Waals surface area contributed by atoms with Crippen molar-refractivity contribution in [1.82, 2.24) is 4.98 Å². The highest BCUT2D eigenvalue weighted by atomic mass is 35.5. The molecule has 0 radical (unpaired) electrons. The number of pyridine rings is 1. The van der Waals surface area contributed by atoms with Crippen molar-refractivity contribution in [2.75, 3.05) is 12.5 Å². The average molecular weight is 391 g/mol. The number of hydrogen-bond donors (Lipinski definition) is 3. The number of halogens is 3. The molecule has 0 atom stereocenters. The van der Waals surface area contributed by atoms with Crippen molar-refractivity contribution < 1.29 is 19.7 Å². The molecule has 3 N–H and O–H groups in total. The van der Waals surface area contributed by atoms with Gasteiger partial charge in [-0.2, -0.15) is 5.10 Å². The lowest BCUT2D eigenvalue weighted by Gasteiger charge is -2.09. The fourth-order valence-electron chi connectivity index (χ4n) is 1.71. The minimum absolute atomic E-state index is 0.00437. The fourth-order valence-corrected chi connectivity index (χ4v) is 2.38. The van der Waals surface area contributed by atoms with Gasteiger partial charge in [-0.1, -0.05) is 34.8 Å². The predicted molar refractivity (Wildman–Crippen MR) is 92.1 cm³/mol. The lowest BCUT2D eigenvalue weighted by Crippen LogP contribution is -2.05. The van der Waals surface area contributed by atoms with Crippen molar-refractivity contribution in [2.45, 2.75) is 0 Å². The molecule has 1 aromatic carbocycles. The molecular weight excluding hydrogens is 381 g/mol. The smallest absolute Gasteiger partial charge is 0.356 e. The second-order valence-corrected chi connectivity index (χ2v) is 5.47. The average Bonchev–Trinajstić information content (AvgIpc) is 2.54. The van der Waals surface area contributed by atoms with Crippen LogP contribution in [-0.4, -0.2) is 34.5 Å². The van der Waals surface area contributed by atoms with Crippen molar-refractivity contribution in [3.8, 4) is 11.5 Å². The number of anilines is 1. The zero-order valence-electron chi connectivity index (χ0n) is 12.0. The van der Waals surface area contributed by atoms with Gasteiger partial charge in [0.25, 0.3) is 0 Å². The minimum atomic E-state index is -1.36. The lowest BCUT2D eigenvalue weighted by molar-refractivity contribution is 0.0691. The number of carboxylic acid groups (broad SMARTS) is 1. The van der Waals surface area contributed by atoms with Gasteiger partial charge >= 0.3 is 5.97 Å². The quantitative estimate of drug-likeness (QED) is 0.406. The van der Waals surface area contributed by atoms with E-state index in [1.165, 1.54) is 19.4 Å². The van der Waals surface area contributed by atoms with E-state index in [4.69, 9.17) is 44.6 Å². The Bertz CT molecular complexity index is 827. The summed E-state index contributed by atoms with van der Waals surface area (Å²) in [4.78, 5) is 14.7. The Balaban J connectivity index is 2.29. The first kappa shape index (κ1) is 18.1. The first-order valence-electron chi connectivity index (χ1n) is 6.29. The summed E-state index contributed by atoms with van der Waals surface area (Å²) in [7, 11) is 1.43. The summed E-state index contributed by atoms with van der Waals surface area (Å²) in [5.41, 5.74) is 2.62. The maximum Gasteiger partial charge on any atom is 0.356 e.